The summed E-state index contributed by atoms with van der Waals surface area (Å²) in [6.45, 7) is 1.80. The largest absolute Gasteiger partial charge is 0.441 e. The number of aryl methyl sites for hydroxylation is 1. The molecule has 0 unspecified atom stereocenters. The van der Waals surface area contributed by atoms with Gasteiger partial charge in [0, 0.05) is 18.0 Å². The van der Waals surface area contributed by atoms with Crippen LogP contribution in [0, 0.1) is 6.92 Å². The summed E-state index contributed by atoms with van der Waals surface area (Å²) in [7, 11) is 0. The fourth-order valence-electron chi connectivity index (χ4n) is 2.60. The van der Waals surface area contributed by atoms with Crippen LogP contribution in [0.4, 0.5) is 5.69 Å². The number of rotatable bonds is 3. The lowest BCUT2D eigenvalue weighted by molar-refractivity contribution is -0.115. The second kappa shape index (κ2) is 5.24. The van der Waals surface area contributed by atoms with Crippen LogP contribution in [-0.2, 0) is 11.2 Å². The van der Waals surface area contributed by atoms with Crippen molar-refractivity contribution in [2.45, 2.75) is 13.3 Å². The van der Waals surface area contributed by atoms with Crippen molar-refractivity contribution in [3.63, 3.8) is 0 Å². The molecule has 2 heterocycles. The lowest BCUT2D eigenvalue weighted by Gasteiger charge is -2.05. The fraction of sp³-hybridized carbons (Fsp3) is 0.118. The quantitative estimate of drug-likeness (QED) is 0.609. The van der Waals surface area contributed by atoms with Crippen LogP contribution < -0.4 is 5.32 Å². The summed E-state index contributed by atoms with van der Waals surface area (Å²) in [5.41, 5.74) is 4.03. The van der Waals surface area contributed by atoms with Crippen molar-refractivity contribution in [2.75, 3.05) is 5.32 Å². The molecule has 4 rings (SSSR count). The van der Waals surface area contributed by atoms with Gasteiger partial charge >= 0.3 is 0 Å². The number of benzene rings is 2. The minimum Gasteiger partial charge on any atom is -0.441 e. The summed E-state index contributed by atoms with van der Waals surface area (Å²) in [5.74, 6) is 0.540. The third kappa shape index (κ3) is 2.66. The van der Waals surface area contributed by atoms with Crippen LogP contribution in [0.2, 0.25) is 0 Å². The first-order valence-electron chi connectivity index (χ1n) is 7.26. The van der Waals surface area contributed by atoms with E-state index in [1.165, 1.54) is 0 Å². The molecule has 0 aliphatic rings. The van der Waals surface area contributed by atoms with E-state index in [-0.39, 0.29) is 12.3 Å². The number of hydrogen-bond acceptors (Lipinski definition) is 4. The number of nitrogens with zero attached hydrogens (tertiary/aromatic N) is 2. The van der Waals surface area contributed by atoms with Crippen LogP contribution in [-0.4, -0.2) is 21.1 Å². The minimum atomic E-state index is -0.0802. The highest BCUT2D eigenvalue weighted by Crippen LogP contribution is 2.19. The van der Waals surface area contributed by atoms with Gasteiger partial charge in [0.1, 0.15) is 5.52 Å². The van der Waals surface area contributed by atoms with Gasteiger partial charge in [-0.05, 0) is 35.9 Å². The number of oxazole rings is 1. The van der Waals surface area contributed by atoms with Crippen LogP contribution in [0.15, 0.2) is 47.0 Å². The molecule has 1 amide bonds. The SMILES string of the molecule is Cc1nc2cc(CC(=O)Nc3ccc4cn[nH]c4c3)ccc2o1. The van der Waals surface area contributed by atoms with Gasteiger partial charge in [-0.15, -0.1) is 0 Å². The smallest absolute Gasteiger partial charge is 0.228 e. The molecule has 0 radical (unpaired) electrons. The van der Waals surface area contributed by atoms with Gasteiger partial charge in [0.15, 0.2) is 11.5 Å². The molecular weight excluding hydrogens is 292 g/mol. The predicted octanol–water partition coefficient (Wildman–Crippen LogP) is 3.19. The van der Waals surface area contributed by atoms with Crippen LogP contribution in [0.25, 0.3) is 22.0 Å². The maximum absolute atomic E-state index is 12.2. The average Bonchev–Trinajstić information content (AvgIpc) is 3.11. The number of aromatic amines is 1. The van der Waals surface area contributed by atoms with E-state index in [1.54, 1.807) is 13.1 Å². The van der Waals surface area contributed by atoms with Crippen molar-refractivity contribution in [3.05, 3.63) is 54.0 Å². The molecule has 4 aromatic rings. The highest BCUT2D eigenvalue weighted by molar-refractivity contribution is 5.95. The number of aromatic nitrogens is 3. The molecule has 6 nitrogen and oxygen atoms in total. The van der Waals surface area contributed by atoms with Gasteiger partial charge in [-0.2, -0.15) is 5.10 Å². The van der Waals surface area contributed by atoms with Crippen molar-refractivity contribution in [1.29, 1.82) is 0 Å². The highest BCUT2D eigenvalue weighted by Gasteiger charge is 2.08. The maximum atomic E-state index is 12.2. The van der Waals surface area contributed by atoms with Gasteiger partial charge in [0.25, 0.3) is 0 Å². The Balaban J connectivity index is 1.51. The summed E-state index contributed by atoms with van der Waals surface area (Å²) in [4.78, 5) is 16.5. The standard InChI is InChI=1S/C17H14N4O2/c1-10-19-15-6-11(2-5-16(15)23-10)7-17(22)20-13-4-3-12-9-18-21-14(12)8-13/h2-6,8-9H,7H2,1H3,(H,18,21)(H,20,22). The summed E-state index contributed by atoms with van der Waals surface area (Å²) >= 11 is 0. The zero-order valence-corrected chi connectivity index (χ0v) is 12.5. The van der Waals surface area contributed by atoms with E-state index in [0.29, 0.717) is 5.89 Å². The topological polar surface area (TPSA) is 83.8 Å². The molecule has 0 aliphatic heterocycles. The third-order valence-electron chi connectivity index (χ3n) is 3.65. The number of H-pyrrole nitrogens is 1. The Hall–Kier alpha value is -3.15. The molecule has 2 aromatic heterocycles. The first-order valence-corrected chi connectivity index (χ1v) is 7.26. The average molecular weight is 306 g/mol. The van der Waals surface area contributed by atoms with Crippen molar-refractivity contribution in [3.8, 4) is 0 Å². The Labute approximate surface area is 131 Å². The number of anilines is 1. The molecule has 0 spiro atoms. The summed E-state index contributed by atoms with van der Waals surface area (Å²) in [6.07, 6.45) is 2.03. The molecule has 0 fully saturated rings. The highest BCUT2D eigenvalue weighted by atomic mass is 16.3. The Kier molecular flexibility index (Phi) is 3.08. The Morgan fingerprint density at radius 1 is 1.26 bits per heavy atom. The van der Waals surface area contributed by atoms with Crippen molar-refractivity contribution in [1.82, 2.24) is 15.2 Å². The summed E-state index contributed by atoms with van der Waals surface area (Å²) in [5, 5.41) is 10.8. The predicted molar refractivity (Wildman–Crippen MR) is 87.2 cm³/mol. The van der Waals surface area contributed by atoms with Gasteiger partial charge in [-0.25, -0.2) is 4.98 Å². The first-order chi connectivity index (χ1) is 11.2. The normalized spacial score (nSPS) is 11.2. The molecule has 0 saturated heterocycles. The van der Waals surface area contributed by atoms with E-state index in [9.17, 15) is 4.79 Å². The van der Waals surface area contributed by atoms with E-state index in [0.717, 1.165) is 33.3 Å². The molecule has 114 valence electrons. The van der Waals surface area contributed by atoms with E-state index in [2.05, 4.69) is 20.5 Å². The molecule has 2 aromatic carbocycles. The van der Waals surface area contributed by atoms with Gasteiger partial charge in [0.2, 0.25) is 5.91 Å². The number of hydrogen-bond donors (Lipinski definition) is 2. The van der Waals surface area contributed by atoms with E-state index in [1.807, 2.05) is 36.4 Å². The van der Waals surface area contributed by atoms with Crippen LogP contribution >= 0.6 is 0 Å². The molecule has 0 atom stereocenters. The van der Waals surface area contributed by atoms with E-state index < -0.39 is 0 Å². The van der Waals surface area contributed by atoms with Crippen molar-refractivity contribution >= 4 is 33.6 Å². The Morgan fingerprint density at radius 3 is 3.09 bits per heavy atom. The second-order valence-electron chi connectivity index (χ2n) is 5.43. The summed E-state index contributed by atoms with van der Waals surface area (Å²) in [6, 6.07) is 11.2. The molecule has 0 bridgehead atoms. The van der Waals surface area contributed by atoms with Gasteiger partial charge in [-0.3, -0.25) is 9.89 Å². The fourth-order valence-corrected chi connectivity index (χ4v) is 2.60. The molecule has 0 saturated carbocycles. The van der Waals surface area contributed by atoms with E-state index in [4.69, 9.17) is 4.42 Å². The lowest BCUT2D eigenvalue weighted by atomic mass is 10.1. The minimum absolute atomic E-state index is 0.0802. The molecular formula is C17H14N4O2. The Bertz CT molecular complexity index is 1020. The molecule has 2 N–H and O–H groups in total. The third-order valence-corrected chi connectivity index (χ3v) is 3.65. The summed E-state index contributed by atoms with van der Waals surface area (Å²) < 4.78 is 5.44. The van der Waals surface area contributed by atoms with Crippen molar-refractivity contribution in [2.24, 2.45) is 0 Å². The lowest BCUT2D eigenvalue weighted by Crippen LogP contribution is -2.14. The second-order valence-corrected chi connectivity index (χ2v) is 5.43. The van der Waals surface area contributed by atoms with Gasteiger partial charge in [-0.1, -0.05) is 6.07 Å². The zero-order chi connectivity index (χ0) is 15.8. The van der Waals surface area contributed by atoms with Gasteiger partial charge < -0.3 is 9.73 Å². The first kappa shape index (κ1) is 13.5. The molecule has 6 heteroatoms. The van der Waals surface area contributed by atoms with Crippen LogP contribution in [0.5, 0.6) is 0 Å². The van der Waals surface area contributed by atoms with E-state index >= 15 is 0 Å². The van der Waals surface area contributed by atoms with Crippen molar-refractivity contribution < 1.29 is 9.21 Å². The van der Waals surface area contributed by atoms with Gasteiger partial charge in [0.05, 0.1) is 18.1 Å². The van der Waals surface area contributed by atoms with Crippen LogP contribution in [0.3, 0.4) is 0 Å². The van der Waals surface area contributed by atoms with Crippen LogP contribution in [0.1, 0.15) is 11.5 Å². The zero-order valence-electron chi connectivity index (χ0n) is 12.5. The number of fused-ring (bicyclic) bond motifs is 2. The Morgan fingerprint density at radius 2 is 2.17 bits per heavy atom. The maximum Gasteiger partial charge on any atom is 0.228 e. The molecule has 0 aliphatic carbocycles. The number of carbonyl (C=O) groups is 1. The number of amides is 1. The monoisotopic (exact) mass is 306 g/mol. The molecule has 23 heavy (non-hydrogen) atoms. The number of nitrogens with one attached hydrogen (secondary N) is 2. The number of carbonyl (C=O) groups excluding carboxylic acids is 1.